The van der Waals surface area contributed by atoms with Crippen LogP contribution in [0.2, 0.25) is 5.02 Å². The molecule has 158 valence electrons. The minimum Gasteiger partial charge on any atom is -0.497 e. The quantitative estimate of drug-likeness (QED) is 0.734. The molecule has 2 aliphatic rings. The Bertz CT molecular complexity index is 735. The van der Waals surface area contributed by atoms with Gasteiger partial charge < -0.3 is 15.4 Å². The summed E-state index contributed by atoms with van der Waals surface area (Å²) in [6.07, 6.45) is 5.24. The second-order valence-electron chi connectivity index (χ2n) is 8.22. The Morgan fingerprint density at radius 1 is 1.28 bits per heavy atom. The summed E-state index contributed by atoms with van der Waals surface area (Å²) in [6.45, 7) is 5.08. The molecular formula is C22H31ClN4O2. The van der Waals surface area contributed by atoms with Gasteiger partial charge in [-0.3, -0.25) is 9.69 Å². The molecule has 1 unspecified atom stereocenters. The topological polar surface area (TPSA) is 82.6 Å². The van der Waals surface area contributed by atoms with E-state index in [9.17, 15) is 4.79 Å². The van der Waals surface area contributed by atoms with Crippen molar-refractivity contribution in [1.29, 1.82) is 5.26 Å². The fourth-order valence-corrected chi connectivity index (χ4v) is 4.89. The largest absolute Gasteiger partial charge is 0.497 e. The van der Waals surface area contributed by atoms with Gasteiger partial charge in [0.05, 0.1) is 23.9 Å². The zero-order chi connectivity index (χ0) is 20.8. The maximum Gasteiger partial charge on any atom is 0.235 e. The number of carbonyl (C=O) groups excluding carboxylic acids is 1. The molecule has 7 heteroatoms. The summed E-state index contributed by atoms with van der Waals surface area (Å²) in [6, 6.07) is 7.89. The van der Waals surface area contributed by atoms with Gasteiger partial charge in [-0.05, 0) is 49.8 Å². The standard InChI is InChI=1S/C22H31ClN4O2/c1-29-18-6-7-20(23)21(14-18)27-12-10-26(11-13-27)9-8-16-2-4-17(5-3-16)19(15-24)22(25)28/h6-7,14,16-17,19H,2-5,8-13H2,1H3,(H2,25,28). The van der Waals surface area contributed by atoms with Crippen LogP contribution in [0.4, 0.5) is 5.69 Å². The highest BCUT2D eigenvalue weighted by molar-refractivity contribution is 6.33. The van der Waals surface area contributed by atoms with Crippen molar-refractivity contribution >= 4 is 23.2 Å². The van der Waals surface area contributed by atoms with E-state index in [4.69, 9.17) is 27.3 Å². The first kappa shape index (κ1) is 21.7. The lowest BCUT2D eigenvalue weighted by Gasteiger charge is -2.37. The molecule has 0 spiro atoms. The molecule has 1 saturated carbocycles. The summed E-state index contributed by atoms with van der Waals surface area (Å²) in [4.78, 5) is 16.3. The first-order chi connectivity index (χ1) is 14.0. The molecule has 1 aromatic carbocycles. The zero-order valence-electron chi connectivity index (χ0n) is 17.1. The van der Waals surface area contributed by atoms with Crippen LogP contribution in [0, 0.1) is 29.1 Å². The zero-order valence-corrected chi connectivity index (χ0v) is 17.9. The lowest BCUT2D eigenvalue weighted by molar-refractivity contribution is -0.122. The number of nitriles is 1. The van der Waals surface area contributed by atoms with Crippen molar-refractivity contribution in [2.75, 3.05) is 44.7 Å². The highest BCUT2D eigenvalue weighted by Gasteiger charge is 2.31. The number of anilines is 1. The van der Waals surface area contributed by atoms with E-state index >= 15 is 0 Å². The normalized spacial score (nSPS) is 24.0. The van der Waals surface area contributed by atoms with Gasteiger partial charge in [0.2, 0.25) is 5.91 Å². The van der Waals surface area contributed by atoms with Crippen LogP contribution in [0.1, 0.15) is 32.1 Å². The van der Waals surface area contributed by atoms with Crippen molar-refractivity contribution in [3.05, 3.63) is 23.2 Å². The summed E-state index contributed by atoms with van der Waals surface area (Å²) in [7, 11) is 1.67. The van der Waals surface area contributed by atoms with Crippen LogP contribution in [-0.2, 0) is 4.79 Å². The van der Waals surface area contributed by atoms with Gasteiger partial charge in [-0.2, -0.15) is 5.26 Å². The second kappa shape index (κ2) is 10.2. The number of ether oxygens (including phenoxy) is 1. The lowest BCUT2D eigenvalue weighted by atomic mass is 9.75. The van der Waals surface area contributed by atoms with Crippen molar-refractivity contribution in [1.82, 2.24) is 4.90 Å². The van der Waals surface area contributed by atoms with Gasteiger partial charge in [0.15, 0.2) is 0 Å². The third kappa shape index (κ3) is 5.55. The van der Waals surface area contributed by atoms with Gasteiger partial charge in [0.1, 0.15) is 11.7 Å². The number of nitrogens with zero attached hydrogens (tertiary/aromatic N) is 3. The molecule has 3 rings (SSSR count). The monoisotopic (exact) mass is 418 g/mol. The summed E-state index contributed by atoms with van der Waals surface area (Å²) >= 11 is 6.39. The van der Waals surface area contributed by atoms with Crippen molar-refractivity contribution in [2.45, 2.75) is 32.1 Å². The number of primary amides is 1. The maximum absolute atomic E-state index is 11.4. The van der Waals surface area contributed by atoms with E-state index in [1.54, 1.807) is 7.11 Å². The Labute approximate surface area is 178 Å². The van der Waals surface area contributed by atoms with Crippen molar-refractivity contribution in [3.8, 4) is 11.8 Å². The van der Waals surface area contributed by atoms with Gasteiger partial charge in [0, 0.05) is 32.2 Å². The SMILES string of the molecule is COc1ccc(Cl)c(N2CCN(CCC3CCC(C(C#N)C(N)=O)CC3)CC2)c1. The van der Waals surface area contributed by atoms with Crippen LogP contribution in [0.3, 0.4) is 0 Å². The van der Waals surface area contributed by atoms with Crippen LogP contribution in [0.25, 0.3) is 0 Å². The van der Waals surface area contributed by atoms with Gasteiger partial charge in [-0.15, -0.1) is 0 Å². The highest BCUT2D eigenvalue weighted by Crippen LogP contribution is 2.35. The van der Waals surface area contributed by atoms with Crippen LogP contribution < -0.4 is 15.4 Å². The predicted octanol–water partition coefficient (Wildman–Crippen LogP) is 3.29. The Morgan fingerprint density at radius 3 is 2.55 bits per heavy atom. The molecule has 29 heavy (non-hydrogen) atoms. The minimum absolute atomic E-state index is 0.143. The van der Waals surface area contributed by atoms with Gasteiger partial charge in [0.25, 0.3) is 0 Å². The van der Waals surface area contributed by atoms with Gasteiger partial charge >= 0.3 is 0 Å². The summed E-state index contributed by atoms with van der Waals surface area (Å²) in [5, 5.41) is 9.93. The van der Waals surface area contributed by atoms with E-state index < -0.39 is 11.8 Å². The van der Waals surface area contributed by atoms with E-state index in [0.717, 1.165) is 74.9 Å². The molecule has 0 bridgehead atoms. The Kier molecular flexibility index (Phi) is 7.63. The van der Waals surface area contributed by atoms with Crippen molar-refractivity contribution < 1.29 is 9.53 Å². The van der Waals surface area contributed by atoms with E-state index in [1.807, 2.05) is 18.2 Å². The van der Waals surface area contributed by atoms with Crippen molar-refractivity contribution in [2.24, 2.45) is 23.5 Å². The number of rotatable bonds is 7. The summed E-state index contributed by atoms with van der Waals surface area (Å²) in [5.41, 5.74) is 6.41. The summed E-state index contributed by atoms with van der Waals surface area (Å²) < 4.78 is 5.33. The predicted molar refractivity (Wildman–Crippen MR) is 115 cm³/mol. The first-order valence-electron chi connectivity index (χ1n) is 10.5. The molecule has 0 radical (unpaired) electrons. The highest BCUT2D eigenvalue weighted by atomic mass is 35.5. The number of benzene rings is 1. The van der Waals surface area contributed by atoms with Crippen LogP contribution in [-0.4, -0.2) is 50.6 Å². The van der Waals surface area contributed by atoms with E-state index in [-0.39, 0.29) is 5.92 Å². The van der Waals surface area contributed by atoms with E-state index in [0.29, 0.717) is 5.92 Å². The second-order valence-corrected chi connectivity index (χ2v) is 8.63. The number of methoxy groups -OCH3 is 1. The minimum atomic E-state index is -0.618. The third-order valence-electron chi connectivity index (χ3n) is 6.53. The fourth-order valence-electron chi connectivity index (χ4n) is 4.65. The lowest BCUT2D eigenvalue weighted by Crippen LogP contribution is -2.47. The van der Waals surface area contributed by atoms with Crippen LogP contribution in [0.15, 0.2) is 18.2 Å². The molecule has 0 aromatic heterocycles. The number of carbonyl (C=O) groups is 1. The molecule has 1 saturated heterocycles. The number of halogens is 1. The number of amides is 1. The number of hydrogen-bond acceptors (Lipinski definition) is 5. The Balaban J connectivity index is 1.41. The smallest absolute Gasteiger partial charge is 0.235 e. The molecule has 1 aromatic rings. The van der Waals surface area contributed by atoms with Gasteiger partial charge in [-0.25, -0.2) is 0 Å². The van der Waals surface area contributed by atoms with Crippen molar-refractivity contribution in [3.63, 3.8) is 0 Å². The van der Waals surface area contributed by atoms with Crippen LogP contribution >= 0.6 is 11.6 Å². The molecular weight excluding hydrogens is 388 g/mol. The number of hydrogen-bond donors (Lipinski definition) is 1. The third-order valence-corrected chi connectivity index (χ3v) is 6.85. The molecule has 2 N–H and O–H groups in total. The fraction of sp³-hybridized carbons (Fsp3) is 0.636. The average Bonchev–Trinajstić information content (AvgIpc) is 2.74. The molecule has 1 amide bonds. The molecule has 1 aliphatic heterocycles. The Morgan fingerprint density at radius 2 is 1.97 bits per heavy atom. The molecule has 6 nitrogen and oxygen atoms in total. The Hall–Kier alpha value is -1.97. The summed E-state index contributed by atoms with van der Waals surface area (Å²) in [5.74, 6) is 0.573. The molecule has 2 fully saturated rings. The molecule has 1 heterocycles. The number of nitrogens with two attached hydrogens (primary N) is 1. The maximum atomic E-state index is 11.4. The molecule has 1 aliphatic carbocycles. The van der Waals surface area contributed by atoms with E-state index in [1.165, 1.54) is 6.42 Å². The first-order valence-corrected chi connectivity index (χ1v) is 10.9. The molecule has 1 atom stereocenters. The van der Waals surface area contributed by atoms with E-state index in [2.05, 4.69) is 15.9 Å². The van der Waals surface area contributed by atoms with Crippen LogP contribution in [0.5, 0.6) is 5.75 Å². The number of piperazine rings is 1. The van der Waals surface area contributed by atoms with Gasteiger partial charge in [-0.1, -0.05) is 24.4 Å². The average molecular weight is 419 g/mol.